The zero-order chi connectivity index (χ0) is 13.9. The first-order valence-electron chi connectivity index (χ1n) is 6.84. The van der Waals surface area contributed by atoms with Gasteiger partial charge in [0.2, 0.25) is 5.91 Å². The molecule has 18 heavy (non-hydrogen) atoms. The molecule has 1 rings (SSSR count). The third-order valence-corrected chi connectivity index (χ3v) is 4.54. The summed E-state index contributed by atoms with van der Waals surface area (Å²) < 4.78 is 0. The van der Waals surface area contributed by atoms with Gasteiger partial charge in [-0.1, -0.05) is 33.0 Å². The fourth-order valence-corrected chi connectivity index (χ4v) is 2.96. The van der Waals surface area contributed by atoms with Crippen LogP contribution in [0.5, 0.6) is 0 Å². The molecule has 0 radical (unpaired) electrons. The summed E-state index contributed by atoms with van der Waals surface area (Å²) in [5.41, 5.74) is 6.07. The van der Waals surface area contributed by atoms with Crippen LogP contribution in [0, 0.1) is 11.3 Å². The lowest BCUT2D eigenvalue weighted by atomic mass is 9.75. The minimum atomic E-state index is -0.292. The number of amides is 1. The monoisotopic (exact) mass is 270 g/mol. The van der Waals surface area contributed by atoms with Gasteiger partial charge in [0.1, 0.15) is 0 Å². The summed E-state index contributed by atoms with van der Waals surface area (Å²) in [4.78, 5) is 14.5. The minimum absolute atomic E-state index is 0.0923. The second kappa shape index (κ2) is 6.00. The SMILES string of the molecule is CCC(C(=O)N(C)C1CCC(C)(C)CC1)C(N)=S. The molecule has 1 amide bonds. The third kappa shape index (κ3) is 3.67. The second-order valence-electron chi connectivity index (χ2n) is 6.21. The van der Waals surface area contributed by atoms with Crippen molar-refractivity contribution in [3.8, 4) is 0 Å². The molecule has 4 heteroatoms. The molecule has 3 nitrogen and oxygen atoms in total. The molecule has 0 aliphatic heterocycles. The Kier molecular flexibility index (Phi) is 5.14. The van der Waals surface area contributed by atoms with E-state index in [0.717, 1.165) is 12.8 Å². The van der Waals surface area contributed by atoms with E-state index in [1.54, 1.807) is 0 Å². The highest BCUT2D eigenvalue weighted by Crippen LogP contribution is 2.36. The van der Waals surface area contributed by atoms with Crippen molar-refractivity contribution in [2.24, 2.45) is 17.1 Å². The zero-order valence-corrected chi connectivity index (χ0v) is 12.8. The van der Waals surface area contributed by atoms with Crippen molar-refractivity contribution in [2.45, 2.75) is 58.9 Å². The number of nitrogens with two attached hydrogens (primary N) is 1. The maximum Gasteiger partial charge on any atom is 0.232 e. The molecule has 0 bridgehead atoms. The Balaban J connectivity index is 2.62. The van der Waals surface area contributed by atoms with Gasteiger partial charge in [-0.25, -0.2) is 0 Å². The van der Waals surface area contributed by atoms with Crippen molar-refractivity contribution in [3.05, 3.63) is 0 Å². The van der Waals surface area contributed by atoms with Crippen LogP contribution < -0.4 is 5.73 Å². The Morgan fingerprint density at radius 1 is 1.44 bits per heavy atom. The highest BCUT2D eigenvalue weighted by Gasteiger charge is 2.33. The number of carbonyl (C=O) groups is 1. The Labute approximate surface area is 116 Å². The number of nitrogens with zero attached hydrogens (tertiary/aromatic N) is 1. The van der Waals surface area contributed by atoms with Crippen LogP contribution in [-0.4, -0.2) is 28.9 Å². The van der Waals surface area contributed by atoms with E-state index >= 15 is 0 Å². The summed E-state index contributed by atoms with van der Waals surface area (Å²) in [5, 5.41) is 0. The van der Waals surface area contributed by atoms with E-state index in [0.29, 0.717) is 22.9 Å². The standard InChI is InChI=1S/C14H26N2OS/c1-5-11(12(15)18)13(17)16(4)10-6-8-14(2,3)9-7-10/h10-11H,5-9H2,1-4H3,(H2,15,18). The van der Waals surface area contributed by atoms with E-state index in [2.05, 4.69) is 13.8 Å². The Hall–Kier alpha value is -0.640. The molecule has 0 aromatic carbocycles. The lowest BCUT2D eigenvalue weighted by molar-refractivity contribution is -0.135. The van der Waals surface area contributed by atoms with Crippen molar-refractivity contribution in [1.29, 1.82) is 0 Å². The predicted molar refractivity (Wildman–Crippen MR) is 79.4 cm³/mol. The fraction of sp³-hybridized carbons (Fsp3) is 0.857. The molecule has 1 fully saturated rings. The van der Waals surface area contributed by atoms with Gasteiger partial charge in [0.25, 0.3) is 0 Å². The molecule has 1 aliphatic carbocycles. The number of thiocarbonyl (C=S) groups is 1. The first-order chi connectivity index (χ1) is 8.28. The van der Waals surface area contributed by atoms with Gasteiger partial charge in [-0.05, 0) is 37.5 Å². The highest BCUT2D eigenvalue weighted by molar-refractivity contribution is 7.80. The summed E-state index contributed by atoms with van der Waals surface area (Å²) in [7, 11) is 1.90. The molecule has 2 N–H and O–H groups in total. The Morgan fingerprint density at radius 2 is 1.94 bits per heavy atom. The summed E-state index contributed by atoms with van der Waals surface area (Å²) in [5.74, 6) is -0.199. The lowest BCUT2D eigenvalue weighted by Gasteiger charge is -2.39. The van der Waals surface area contributed by atoms with Crippen molar-refractivity contribution in [2.75, 3.05) is 7.05 Å². The Morgan fingerprint density at radius 3 is 2.33 bits per heavy atom. The summed E-state index contributed by atoms with van der Waals surface area (Å²) in [6.45, 7) is 6.56. The normalized spacial score (nSPS) is 21.3. The van der Waals surface area contributed by atoms with E-state index in [1.165, 1.54) is 12.8 Å². The molecule has 0 spiro atoms. The molecular formula is C14H26N2OS. The van der Waals surface area contributed by atoms with Crippen LogP contribution in [0.4, 0.5) is 0 Å². The van der Waals surface area contributed by atoms with E-state index in [1.807, 2.05) is 18.9 Å². The molecule has 0 saturated heterocycles. The number of carbonyl (C=O) groups excluding carboxylic acids is 1. The van der Waals surface area contributed by atoms with E-state index in [9.17, 15) is 4.79 Å². The maximum absolute atomic E-state index is 12.3. The molecular weight excluding hydrogens is 244 g/mol. The lowest BCUT2D eigenvalue weighted by Crippen LogP contribution is -2.46. The number of hydrogen-bond acceptors (Lipinski definition) is 2. The summed E-state index contributed by atoms with van der Waals surface area (Å²) in [6, 6.07) is 0.355. The van der Waals surface area contributed by atoms with Gasteiger partial charge in [-0.3, -0.25) is 4.79 Å². The first-order valence-corrected chi connectivity index (χ1v) is 7.25. The Bertz CT molecular complexity index is 318. The van der Waals surface area contributed by atoms with Gasteiger partial charge < -0.3 is 10.6 Å². The summed E-state index contributed by atoms with van der Waals surface area (Å²) >= 11 is 4.98. The van der Waals surface area contributed by atoms with Gasteiger partial charge >= 0.3 is 0 Å². The van der Waals surface area contributed by atoms with Crippen LogP contribution >= 0.6 is 12.2 Å². The van der Waals surface area contributed by atoms with Crippen LogP contribution in [0.2, 0.25) is 0 Å². The second-order valence-corrected chi connectivity index (χ2v) is 6.68. The molecule has 1 unspecified atom stereocenters. The number of hydrogen-bond donors (Lipinski definition) is 1. The molecule has 0 aromatic heterocycles. The van der Waals surface area contributed by atoms with Crippen LogP contribution in [0.15, 0.2) is 0 Å². The fourth-order valence-electron chi connectivity index (χ4n) is 2.69. The molecule has 1 saturated carbocycles. The van der Waals surface area contributed by atoms with Gasteiger partial charge in [0.15, 0.2) is 0 Å². The molecule has 0 aromatic rings. The zero-order valence-electron chi connectivity index (χ0n) is 12.0. The quantitative estimate of drug-likeness (QED) is 0.799. The van der Waals surface area contributed by atoms with Crippen LogP contribution in [0.1, 0.15) is 52.9 Å². The van der Waals surface area contributed by atoms with E-state index < -0.39 is 0 Å². The third-order valence-electron chi connectivity index (χ3n) is 4.25. The maximum atomic E-state index is 12.3. The van der Waals surface area contributed by atoms with E-state index in [4.69, 9.17) is 18.0 Å². The average Bonchev–Trinajstić information content (AvgIpc) is 2.28. The van der Waals surface area contributed by atoms with Gasteiger partial charge in [0, 0.05) is 13.1 Å². The largest absolute Gasteiger partial charge is 0.393 e. The topological polar surface area (TPSA) is 46.3 Å². The van der Waals surface area contributed by atoms with Crippen molar-refractivity contribution < 1.29 is 4.79 Å². The van der Waals surface area contributed by atoms with Gasteiger partial charge in [0.05, 0.1) is 10.9 Å². The smallest absolute Gasteiger partial charge is 0.232 e. The van der Waals surface area contributed by atoms with Crippen molar-refractivity contribution in [1.82, 2.24) is 4.90 Å². The van der Waals surface area contributed by atoms with Crippen LogP contribution in [0.25, 0.3) is 0 Å². The van der Waals surface area contributed by atoms with Crippen molar-refractivity contribution in [3.63, 3.8) is 0 Å². The van der Waals surface area contributed by atoms with Gasteiger partial charge in [-0.2, -0.15) is 0 Å². The van der Waals surface area contributed by atoms with Crippen LogP contribution in [-0.2, 0) is 4.79 Å². The minimum Gasteiger partial charge on any atom is -0.393 e. The number of rotatable bonds is 4. The van der Waals surface area contributed by atoms with Gasteiger partial charge in [-0.15, -0.1) is 0 Å². The van der Waals surface area contributed by atoms with E-state index in [-0.39, 0.29) is 11.8 Å². The first kappa shape index (κ1) is 15.4. The van der Waals surface area contributed by atoms with Crippen molar-refractivity contribution >= 4 is 23.1 Å². The molecule has 0 heterocycles. The molecule has 104 valence electrons. The predicted octanol–water partition coefficient (Wildman–Crippen LogP) is 2.73. The summed E-state index contributed by atoms with van der Waals surface area (Å²) in [6.07, 6.45) is 5.22. The molecule has 1 atom stereocenters. The average molecular weight is 270 g/mol. The van der Waals surface area contributed by atoms with Crippen LogP contribution in [0.3, 0.4) is 0 Å². The molecule has 1 aliphatic rings. The highest BCUT2D eigenvalue weighted by atomic mass is 32.1.